The number of amides is 1. The van der Waals surface area contributed by atoms with Crippen molar-refractivity contribution in [2.45, 2.75) is 56.1 Å². The van der Waals surface area contributed by atoms with E-state index in [1.54, 1.807) is 0 Å². The van der Waals surface area contributed by atoms with Gasteiger partial charge in [0.2, 0.25) is 12.2 Å². The molecule has 2 heterocycles. The molecule has 1 unspecified atom stereocenters. The molecule has 2 rings (SSSR count). The number of hydrogen-bond donors (Lipinski definition) is 6. The van der Waals surface area contributed by atoms with E-state index in [2.05, 4.69) is 13.7 Å². The number of aliphatic carboxylic acids is 1. The molecule has 2 aliphatic heterocycles. The minimum atomic E-state index is -5.33. The minimum absolute atomic E-state index is 0. The van der Waals surface area contributed by atoms with Gasteiger partial charge in [0.25, 0.3) is 0 Å². The van der Waals surface area contributed by atoms with Crippen LogP contribution in [0.1, 0.15) is 6.92 Å². The Hall–Kier alpha value is -0.980. The van der Waals surface area contributed by atoms with Gasteiger partial charge in [0.1, 0.15) is 42.2 Å². The van der Waals surface area contributed by atoms with Crippen molar-refractivity contribution in [2.75, 3.05) is 6.61 Å². The summed E-state index contributed by atoms with van der Waals surface area (Å²) in [7, 11) is -10.7. The van der Waals surface area contributed by atoms with Crippen LogP contribution in [-0.4, -0.2) is 109 Å². The molecule has 6 N–H and O–H groups in total. The van der Waals surface area contributed by atoms with Crippen molar-refractivity contribution in [2.24, 2.45) is 0 Å². The van der Waals surface area contributed by atoms with Crippen molar-refractivity contribution in [3.8, 4) is 0 Å². The molecule has 1 amide bonds. The molecule has 35 heavy (non-hydrogen) atoms. The molecular weight excluding hydrogens is 541 g/mol. The smallest absolute Gasteiger partial charge is 0.542 e. The molecule has 0 aromatic rings. The Morgan fingerprint density at radius 3 is 2.09 bits per heavy atom. The van der Waals surface area contributed by atoms with E-state index in [9.17, 15) is 46.9 Å². The summed E-state index contributed by atoms with van der Waals surface area (Å²) in [6, 6.07) is -1.78. The van der Waals surface area contributed by atoms with E-state index in [4.69, 9.17) is 23.3 Å². The number of carbonyl (C=O) groups is 2. The van der Waals surface area contributed by atoms with Crippen LogP contribution in [0.25, 0.3) is 0 Å². The molecule has 0 bridgehead atoms. The van der Waals surface area contributed by atoms with Gasteiger partial charge in [0, 0.05) is 6.92 Å². The summed E-state index contributed by atoms with van der Waals surface area (Å²) in [4.78, 5) is 22.8. The Balaban J connectivity index is 0.00000612. The molecular formula is C14H20NNaO17S2. The summed E-state index contributed by atoms with van der Waals surface area (Å²) in [5.41, 5.74) is 0. The van der Waals surface area contributed by atoms with Gasteiger partial charge < -0.3 is 44.7 Å². The molecule has 8 atom stereocenters. The predicted octanol–water partition coefficient (Wildman–Crippen LogP) is -8.68. The van der Waals surface area contributed by atoms with Crippen LogP contribution in [0, 0.1) is 0 Å². The Labute approximate surface area is 219 Å². The zero-order chi connectivity index (χ0) is 26.0. The zero-order valence-electron chi connectivity index (χ0n) is 17.9. The maximum atomic E-state index is 11.6. The van der Waals surface area contributed by atoms with Gasteiger partial charge in [-0.05, 0) is 6.08 Å². The molecule has 2 aliphatic rings. The second-order valence-corrected chi connectivity index (χ2v) is 8.94. The molecule has 1 fully saturated rings. The van der Waals surface area contributed by atoms with Crippen LogP contribution in [0.4, 0.5) is 0 Å². The van der Waals surface area contributed by atoms with E-state index in [1.165, 1.54) is 0 Å². The predicted molar refractivity (Wildman–Crippen MR) is 97.3 cm³/mol. The van der Waals surface area contributed by atoms with E-state index >= 15 is 0 Å². The van der Waals surface area contributed by atoms with Crippen LogP contribution in [0.5, 0.6) is 0 Å². The second kappa shape index (κ2) is 12.5. The van der Waals surface area contributed by atoms with Gasteiger partial charge in [-0.1, -0.05) is 0 Å². The van der Waals surface area contributed by atoms with Crippen molar-refractivity contribution in [3.05, 3.63) is 11.8 Å². The Morgan fingerprint density at radius 1 is 1.09 bits per heavy atom. The van der Waals surface area contributed by atoms with Gasteiger partial charge >= 0.3 is 50.4 Å². The van der Waals surface area contributed by atoms with Gasteiger partial charge in [-0.2, -0.15) is 16.8 Å². The first-order valence-electron chi connectivity index (χ1n) is 8.98. The van der Waals surface area contributed by atoms with Crippen molar-refractivity contribution >= 4 is 32.7 Å². The topological polar surface area (TPSA) is 285 Å². The van der Waals surface area contributed by atoms with Crippen molar-refractivity contribution < 1.29 is 108 Å². The molecule has 21 heteroatoms. The molecule has 0 spiro atoms. The van der Waals surface area contributed by atoms with E-state index < -0.39 is 94.2 Å². The summed E-state index contributed by atoms with van der Waals surface area (Å²) < 4.78 is 86.9. The third kappa shape index (κ3) is 9.12. The summed E-state index contributed by atoms with van der Waals surface area (Å²) in [5.74, 6) is -4.00. The maximum absolute atomic E-state index is 11.6. The molecule has 0 aliphatic carbocycles. The normalized spacial score (nSPS) is 33.6. The molecule has 196 valence electrons. The summed E-state index contributed by atoms with van der Waals surface area (Å²) in [6.07, 6.45) is -14.2. The maximum Gasteiger partial charge on any atom is 1.00 e. The third-order valence-electron chi connectivity index (χ3n) is 4.34. The Bertz CT molecular complexity index is 1020. The van der Waals surface area contributed by atoms with E-state index in [0.29, 0.717) is 6.08 Å². The first-order chi connectivity index (χ1) is 15.5. The van der Waals surface area contributed by atoms with Gasteiger partial charge in [-0.15, -0.1) is 0 Å². The molecule has 0 saturated carbocycles. The standard InChI is InChI=1S/C14H21NO17S2.Na/c1-4(17)15-8-11(10(32-34(25,26)27)7(3-16)28-13(8)21)30-14-9(31-33(22,23)24)5(18)2-6(29-14)12(19)20;/h2,5,7-11,13-14,16,18,21H,3H2,1H3,(H,15,17)(H,19,20)(H,22,23,24)(H,25,26,27);/q;+1/p-1/t5-,7+,8+,9+,10-,11+,13?,14-;/m0./s1. The number of ether oxygens (including phenoxy) is 3. The fourth-order valence-electron chi connectivity index (χ4n) is 3.13. The molecule has 0 aromatic carbocycles. The summed E-state index contributed by atoms with van der Waals surface area (Å²) in [6.45, 7) is -0.115. The van der Waals surface area contributed by atoms with Crippen LogP contribution >= 0.6 is 0 Å². The SMILES string of the molecule is CC(=O)N[C@H]1C(O)O[C@H](CO)[C@H](OS(=O)(=O)O)[C@@H]1O[C@@H]1OC(C(=O)[O-])=C[C@H](O)[C@H]1OS(=O)(=O)O.[Na+]. The number of aliphatic hydroxyl groups excluding tert-OH is 3. The first-order valence-corrected chi connectivity index (χ1v) is 11.7. The molecule has 0 aromatic heterocycles. The average Bonchev–Trinajstić information content (AvgIpc) is 2.66. The second-order valence-electron chi connectivity index (χ2n) is 6.85. The van der Waals surface area contributed by atoms with Crippen LogP contribution < -0.4 is 40.0 Å². The largest absolute Gasteiger partial charge is 1.00 e. The summed E-state index contributed by atoms with van der Waals surface area (Å²) in [5, 5.41) is 43.1. The molecule has 18 nitrogen and oxygen atoms in total. The van der Waals surface area contributed by atoms with Crippen molar-refractivity contribution in [3.63, 3.8) is 0 Å². The molecule has 1 saturated heterocycles. The number of carbonyl (C=O) groups excluding carboxylic acids is 2. The monoisotopic (exact) mass is 561 g/mol. The fourth-order valence-corrected chi connectivity index (χ4v) is 4.13. The molecule has 0 radical (unpaired) electrons. The van der Waals surface area contributed by atoms with Crippen molar-refractivity contribution in [1.82, 2.24) is 5.32 Å². The van der Waals surface area contributed by atoms with E-state index in [0.717, 1.165) is 6.92 Å². The first kappa shape index (κ1) is 32.0. The van der Waals surface area contributed by atoms with Crippen LogP contribution in [-0.2, 0) is 53.0 Å². The van der Waals surface area contributed by atoms with Crippen molar-refractivity contribution in [1.29, 1.82) is 0 Å². The van der Waals surface area contributed by atoms with Crippen LogP contribution in [0.2, 0.25) is 0 Å². The summed E-state index contributed by atoms with van der Waals surface area (Å²) >= 11 is 0. The number of nitrogens with one attached hydrogen (secondary N) is 1. The van der Waals surface area contributed by atoms with E-state index in [-0.39, 0.29) is 29.6 Å². The Morgan fingerprint density at radius 2 is 1.63 bits per heavy atom. The quantitative estimate of drug-likeness (QED) is 0.112. The average molecular weight is 561 g/mol. The Kier molecular flexibility index (Phi) is 11.5. The number of aliphatic hydroxyl groups is 3. The van der Waals surface area contributed by atoms with Gasteiger partial charge in [0.05, 0.1) is 6.61 Å². The van der Waals surface area contributed by atoms with Gasteiger partial charge in [0.15, 0.2) is 12.4 Å². The fraction of sp³-hybridized carbons (Fsp3) is 0.714. The van der Waals surface area contributed by atoms with Crippen LogP contribution in [0.3, 0.4) is 0 Å². The van der Waals surface area contributed by atoms with Gasteiger partial charge in [-0.25, -0.2) is 8.37 Å². The number of carboxylic acids is 1. The number of hydrogen-bond acceptors (Lipinski definition) is 15. The van der Waals surface area contributed by atoms with E-state index in [1.807, 2.05) is 0 Å². The minimum Gasteiger partial charge on any atom is -0.542 e. The van der Waals surface area contributed by atoms with Crippen LogP contribution in [0.15, 0.2) is 11.8 Å². The third-order valence-corrected chi connectivity index (χ3v) is 5.27. The zero-order valence-corrected chi connectivity index (χ0v) is 21.5. The number of carboxylic acid groups (broad SMARTS) is 1. The number of rotatable bonds is 9. The van der Waals surface area contributed by atoms with Gasteiger partial charge in [-0.3, -0.25) is 13.9 Å².